The molecule has 2 N–H and O–H groups in total. The summed E-state index contributed by atoms with van der Waals surface area (Å²) in [6.45, 7) is 0. The Kier molecular flexibility index (Phi) is 5.13. The summed E-state index contributed by atoms with van der Waals surface area (Å²) in [5, 5.41) is 6.82. The van der Waals surface area contributed by atoms with Crippen LogP contribution in [0, 0.1) is 17.6 Å². The number of allylic oxidation sites excluding steroid dienone is 1. The molecular weight excluding hydrogens is 410 g/mol. The number of anilines is 2. The molecule has 3 aromatic rings. The van der Waals surface area contributed by atoms with Crippen LogP contribution in [0.5, 0.6) is 5.75 Å². The van der Waals surface area contributed by atoms with Crippen LogP contribution in [0.2, 0.25) is 0 Å². The number of ketones is 1. The average molecular weight is 432 g/mol. The Bertz CT molecular complexity index is 1210. The molecule has 2 aliphatic rings. The maximum Gasteiger partial charge on any atom is 0.159 e. The Labute approximate surface area is 184 Å². The van der Waals surface area contributed by atoms with E-state index in [1.165, 1.54) is 12.1 Å². The molecule has 0 aromatic heterocycles. The molecule has 0 spiro atoms. The number of Topliss-reactive ketones (excluding diaryl/α,β-unsaturated/α-hetero) is 1. The predicted molar refractivity (Wildman–Crippen MR) is 120 cm³/mol. The average Bonchev–Trinajstić information content (AvgIpc) is 2.98. The highest BCUT2D eigenvalue weighted by atomic mass is 19.2. The number of benzene rings is 3. The summed E-state index contributed by atoms with van der Waals surface area (Å²) >= 11 is 0. The molecule has 1 aliphatic heterocycles. The van der Waals surface area contributed by atoms with Crippen LogP contribution in [0.3, 0.4) is 0 Å². The van der Waals surface area contributed by atoms with E-state index in [2.05, 4.69) is 16.7 Å². The first-order valence-electron chi connectivity index (χ1n) is 10.5. The molecule has 0 bridgehead atoms. The van der Waals surface area contributed by atoms with Crippen molar-refractivity contribution in [3.8, 4) is 5.75 Å². The van der Waals surface area contributed by atoms with Crippen molar-refractivity contribution in [1.82, 2.24) is 0 Å². The molecule has 0 radical (unpaired) electrons. The van der Waals surface area contributed by atoms with Gasteiger partial charge in [0.05, 0.1) is 30.4 Å². The number of ether oxygens (including phenoxy) is 1. The van der Waals surface area contributed by atoms with E-state index in [0.29, 0.717) is 12.0 Å². The quantitative estimate of drug-likeness (QED) is 0.549. The number of carbonyl (C=O) groups excluding carboxylic acids is 1. The maximum atomic E-state index is 14.1. The van der Waals surface area contributed by atoms with Gasteiger partial charge in [-0.1, -0.05) is 36.4 Å². The van der Waals surface area contributed by atoms with Crippen LogP contribution in [0.1, 0.15) is 29.5 Å². The van der Waals surface area contributed by atoms with Crippen LogP contribution in [0.4, 0.5) is 20.2 Å². The summed E-state index contributed by atoms with van der Waals surface area (Å²) < 4.78 is 32.9. The van der Waals surface area contributed by atoms with Crippen LogP contribution < -0.4 is 15.4 Å². The molecule has 0 saturated heterocycles. The summed E-state index contributed by atoms with van der Waals surface area (Å²) in [4.78, 5) is 13.5. The molecule has 1 heterocycles. The highest BCUT2D eigenvalue weighted by Crippen LogP contribution is 2.44. The van der Waals surface area contributed by atoms with E-state index in [1.807, 2.05) is 48.5 Å². The zero-order valence-electron chi connectivity index (χ0n) is 17.4. The largest absolute Gasteiger partial charge is 0.497 e. The predicted octanol–water partition coefficient (Wildman–Crippen LogP) is 5.81. The number of hydrogen-bond acceptors (Lipinski definition) is 4. The van der Waals surface area contributed by atoms with Crippen molar-refractivity contribution in [1.29, 1.82) is 0 Å². The lowest BCUT2D eigenvalue weighted by Crippen LogP contribution is -2.33. The minimum Gasteiger partial charge on any atom is -0.497 e. The SMILES string of the molecule is COc1ccc(C2C=C3Nc4ccccc4NC(c4ccc(F)c(F)c4)C3C(=O)C2)cc1. The third kappa shape index (κ3) is 3.62. The molecule has 32 heavy (non-hydrogen) atoms. The Balaban J connectivity index is 1.60. The normalized spacial score (nSPS) is 21.9. The van der Waals surface area contributed by atoms with Crippen LogP contribution in [0.15, 0.2) is 78.5 Å². The highest BCUT2D eigenvalue weighted by molar-refractivity contribution is 5.90. The number of carbonyl (C=O) groups is 1. The van der Waals surface area contributed by atoms with Gasteiger partial charge in [-0.2, -0.15) is 0 Å². The third-order valence-electron chi connectivity index (χ3n) is 6.18. The highest BCUT2D eigenvalue weighted by Gasteiger charge is 2.40. The number of halogens is 2. The van der Waals surface area contributed by atoms with E-state index < -0.39 is 23.6 Å². The second-order valence-electron chi connectivity index (χ2n) is 8.12. The van der Waals surface area contributed by atoms with Gasteiger partial charge in [0.2, 0.25) is 0 Å². The van der Waals surface area contributed by atoms with Gasteiger partial charge in [0.15, 0.2) is 11.6 Å². The zero-order chi connectivity index (χ0) is 22.2. The third-order valence-corrected chi connectivity index (χ3v) is 6.18. The molecule has 0 fully saturated rings. The molecule has 3 aromatic carbocycles. The van der Waals surface area contributed by atoms with E-state index in [1.54, 1.807) is 7.11 Å². The fourth-order valence-corrected chi connectivity index (χ4v) is 4.55. The molecule has 3 unspecified atom stereocenters. The van der Waals surface area contributed by atoms with Gasteiger partial charge in [-0.25, -0.2) is 8.78 Å². The van der Waals surface area contributed by atoms with Gasteiger partial charge < -0.3 is 15.4 Å². The van der Waals surface area contributed by atoms with Crippen LogP contribution >= 0.6 is 0 Å². The van der Waals surface area contributed by atoms with Crippen molar-refractivity contribution in [2.75, 3.05) is 17.7 Å². The monoisotopic (exact) mass is 432 g/mol. The number of para-hydroxylation sites is 2. The topological polar surface area (TPSA) is 50.4 Å². The van der Waals surface area contributed by atoms with Crippen LogP contribution in [-0.2, 0) is 4.79 Å². The summed E-state index contributed by atoms with van der Waals surface area (Å²) in [6, 6.07) is 18.6. The van der Waals surface area contributed by atoms with Crippen molar-refractivity contribution in [2.24, 2.45) is 5.92 Å². The van der Waals surface area contributed by atoms with E-state index in [9.17, 15) is 13.6 Å². The Morgan fingerprint density at radius 2 is 1.62 bits per heavy atom. The number of hydrogen-bond donors (Lipinski definition) is 2. The minimum absolute atomic E-state index is 0.0332. The van der Waals surface area contributed by atoms with Crippen molar-refractivity contribution in [3.63, 3.8) is 0 Å². The lowest BCUT2D eigenvalue weighted by Gasteiger charge is -2.32. The maximum absolute atomic E-state index is 14.1. The van der Waals surface area contributed by atoms with Crippen molar-refractivity contribution in [3.05, 3.63) is 101 Å². The first-order valence-corrected chi connectivity index (χ1v) is 10.5. The first kappa shape index (κ1) is 20.2. The second-order valence-corrected chi connectivity index (χ2v) is 8.12. The smallest absolute Gasteiger partial charge is 0.159 e. The van der Waals surface area contributed by atoms with Crippen molar-refractivity contribution >= 4 is 17.2 Å². The molecule has 0 saturated carbocycles. The summed E-state index contributed by atoms with van der Waals surface area (Å²) in [7, 11) is 1.62. The van der Waals surface area contributed by atoms with Gasteiger partial charge >= 0.3 is 0 Å². The molecule has 1 aliphatic carbocycles. The van der Waals surface area contributed by atoms with E-state index in [4.69, 9.17) is 4.74 Å². The van der Waals surface area contributed by atoms with Crippen molar-refractivity contribution in [2.45, 2.75) is 18.4 Å². The first-order chi connectivity index (χ1) is 15.5. The standard InChI is InChI=1S/C26H22F2N2O2/c1-32-18-9-6-15(7-10-18)17-13-23-25(24(31)14-17)26(16-8-11-19(27)20(28)12-16)30-22-5-3-2-4-21(22)29-23/h2-13,17,25-26,29-30H,14H2,1H3. The van der Waals surface area contributed by atoms with Crippen LogP contribution in [-0.4, -0.2) is 12.9 Å². The molecule has 162 valence electrons. The summed E-state index contributed by atoms with van der Waals surface area (Å²) in [5.41, 5.74) is 3.92. The molecular formula is C26H22F2N2O2. The fraction of sp³-hybridized carbons (Fsp3) is 0.192. The molecule has 4 nitrogen and oxygen atoms in total. The zero-order valence-corrected chi connectivity index (χ0v) is 17.4. The number of rotatable bonds is 3. The molecule has 5 rings (SSSR count). The van der Waals surface area contributed by atoms with Crippen LogP contribution in [0.25, 0.3) is 0 Å². The second kappa shape index (κ2) is 8.11. The lowest BCUT2D eigenvalue weighted by atomic mass is 9.76. The lowest BCUT2D eigenvalue weighted by molar-refractivity contribution is -0.122. The Morgan fingerprint density at radius 1 is 0.906 bits per heavy atom. The van der Waals surface area contributed by atoms with Gasteiger partial charge in [0, 0.05) is 18.0 Å². The molecule has 6 heteroatoms. The van der Waals surface area contributed by atoms with Crippen molar-refractivity contribution < 1.29 is 18.3 Å². The molecule has 0 amide bonds. The number of fused-ring (bicyclic) bond motifs is 2. The fourth-order valence-electron chi connectivity index (χ4n) is 4.55. The van der Waals surface area contributed by atoms with E-state index in [0.717, 1.165) is 34.5 Å². The van der Waals surface area contributed by atoms with Gasteiger partial charge in [-0.3, -0.25) is 4.79 Å². The van der Waals surface area contributed by atoms with Gasteiger partial charge in [-0.05, 0) is 47.5 Å². The van der Waals surface area contributed by atoms with Gasteiger partial charge in [0.1, 0.15) is 11.5 Å². The summed E-state index contributed by atoms with van der Waals surface area (Å²) in [5.74, 6) is -1.70. The van der Waals surface area contributed by atoms with E-state index in [-0.39, 0.29) is 11.7 Å². The van der Waals surface area contributed by atoms with E-state index >= 15 is 0 Å². The Hall–Kier alpha value is -3.67. The van der Waals surface area contributed by atoms with Gasteiger partial charge in [-0.15, -0.1) is 0 Å². The van der Waals surface area contributed by atoms with Gasteiger partial charge in [0.25, 0.3) is 0 Å². The number of methoxy groups -OCH3 is 1. The Morgan fingerprint density at radius 3 is 2.34 bits per heavy atom. The number of nitrogens with one attached hydrogen (secondary N) is 2. The summed E-state index contributed by atoms with van der Waals surface area (Å²) in [6.07, 6.45) is 2.39. The minimum atomic E-state index is -0.931. The molecule has 3 atom stereocenters.